The van der Waals surface area contributed by atoms with Gasteiger partial charge in [-0.05, 0) is 36.8 Å². The van der Waals surface area contributed by atoms with Crippen molar-refractivity contribution in [3.63, 3.8) is 0 Å². The number of amides is 1. The largest absolute Gasteiger partial charge is 0.494 e. The van der Waals surface area contributed by atoms with Gasteiger partial charge in [0.1, 0.15) is 11.6 Å². The van der Waals surface area contributed by atoms with Gasteiger partial charge in [0.25, 0.3) is 0 Å². The fourth-order valence-corrected chi connectivity index (χ4v) is 2.89. The molecule has 0 fully saturated rings. The summed E-state index contributed by atoms with van der Waals surface area (Å²) in [5, 5.41) is 3.16. The van der Waals surface area contributed by atoms with Crippen LogP contribution in [0.4, 0.5) is 10.1 Å². The van der Waals surface area contributed by atoms with Gasteiger partial charge in [0, 0.05) is 22.5 Å². The number of rotatable bonds is 7. The van der Waals surface area contributed by atoms with E-state index in [1.54, 1.807) is 24.3 Å². The molecule has 0 aliphatic rings. The lowest BCUT2D eigenvalue weighted by Gasteiger charge is -2.08. The third-order valence-corrected chi connectivity index (χ3v) is 4.15. The summed E-state index contributed by atoms with van der Waals surface area (Å²) in [4.78, 5) is 11.9. The number of hydrogen-bond acceptors (Lipinski definition) is 3. The third kappa shape index (κ3) is 5.77. The van der Waals surface area contributed by atoms with E-state index < -0.39 is 0 Å². The summed E-state index contributed by atoms with van der Waals surface area (Å²) in [6, 6.07) is 11.8. The van der Waals surface area contributed by atoms with Crippen LogP contribution in [0.2, 0.25) is 5.02 Å². The average Bonchev–Trinajstić information content (AvgIpc) is 2.50. The summed E-state index contributed by atoms with van der Waals surface area (Å²) in [7, 11) is 0. The Bertz CT molecular complexity index is 681. The molecule has 1 N–H and O–H groups in total. The van der Waals surface area contributed by atoms with Crippen LogP contribution >= 0.6 is 23.4 Å². The van der Waals surface area contributed by atoms with Crippen molar-refractivity contribution in [3.05, 3.63) is 58.9 Å². The van der Waals surface area contributed by atoms with E-state index in [1.165, 1.54) is 17.8 Å². The fourth-order valence-electron chi connectivity index (χ4n) is 1.92. The van der Waals surface area contributed by atoms with Crippen LogP contribution in [0.1, 0.15) is 12.5 Å². The van der Waals surface area contributed by atoms with Crippen LogP contribution in [0.5, 0.6) is 5.75 Å². The van der Waals surface area contributed by atoms with Gasteiger partial charge in [0.2, 0.25) is 5.91 Å². The highest BCUT2D eigenvalue weighted by Crippen LogP contribution is 2.20. The molecule has 0 radical (unpaired) electrons. The topological polar surface area (TPSA) is 38.3 Å². The molecule has 0 saturated carbocycles. The summed E-state index contributed by atoms with van der Waals surface area (Å²) >= 11 is 7.05. The van der Waals surface area contributed by atoms with Crippen LogP contribution in [-0.4, -0.2) is 18.3 Å². The number of carbonyl (C=O) groups excluding carboxylic acids is 1. The highest BCUT2D eigenvalue weighted by molar-refractivity contribution is 7.99. The second kappa shape index (κ2) is 8.79. The van der Waals surface area contributed by atoms with Gasteiger partial charge < -0.3 is 10.1 Å². The van der Waals surface area contributed by atoms with Gasteiger partial charge in [0.15, 0.2) is 0 Å². The lowest BCUT2D eigenvalue weighted by atomic mass is 10.2. The number of anilines is 1. The molecule has 122 valence electrons. The monoisotopic (exact) mass is 353 g/mol. The number of nitrogens with one attached hydrogen (secondary N) is 1. The maximum absolute atomic E-state index is 13.6. The van der Waals surface area contributed by atoms with Gasteiger partial charge in [-0.2, -0.15) is 0 Å². The summed E-state index contributed by atoms with van der Waals surface area (Å²) in [5.41, 5.74) is 1.21. The second-order valence-corrected chi connectivity index (χ2v) is 6.16. The molecule has 2 rings (SSSR count). The van der Waals surface area contributed by atoms with Crippen molar-refractivity contribution >= 4 is 35.0 Å². The Balaban J connectivity index is 1.82. The minimum absolute atomic E-state index is 0.141. The lowest BCUT2D eigenvalue weighted by Crippen LogP contribution is -2.14. The summed E-state index contributed by atoms with van der Waals surface area (Å²) in [5.74, 6) is 0.866. The van der Waals surface area contributed by atoms with Crippen molar-refractivity contribution in [2.45, 2.75) is 12.7 Å². The van der Waals surface area contributed by atoms with Crippen molar-refractivity contribution in [3.8, 4) is 5.75 Å². The predicted molar refractivity (Wildman–Crippen MR) is 93.8 cm³/mol. The Morgan fingerprint density at radius 1 is 1.30 bits per heavy atom. The summed E-state index contributed by atoms with van der Waals surface area (Å²) in [6.45, 7) is 2.47. The van der Waals surface area contributed by atoms with E-state index in [0.29, 0.717) is 34.4 Å². The minimum Gasteiger partial charge on any atom is -0.494 e. The Labute approximate surface area is 144 Å². The van der Waals surface area contributed by atoms with Crippen LogP contribution in [0, 0.1) is 5.82 Å². The molecule has 3 nitrogen and oxygen atoms in total. The normalized spacial score (nSPS) is 10.4. The first-order valence-electron chi connectivity index (χ1n) is 7.13. The zero-order valence-corrected chi connectivity index (χ0v) is 14.2. The molecule has 1 amide bonds. The van der Waals surface area contributed by atoms with Gasteiger partial charge in [0.05, 0.1) is 12.4 Å². The van der Waals surface area contributed by atoms with Crippen molar-refractivity contribution in [2.75, 3.05) is 17.7 Å². The van der Waals surface area contributed by atoms with Crippen molar-refractivity contribution in [1.82, 2.24) is 0 Å². The quantitative estimate of drug-likeness (QED) is 0.780. The van der Waals surface area contributed by atoms with E-state index in [1.807, 2.05) is 19.1 Å². The molecule has 0 bridgehead atoms. The van der Waals surface area contributed by atoms with Crippen LogP contribution in [0.25, 0.3) is 0 Å². The standard InChI is InChI=1S/C17H17ClFNO2S/c1-2-22-15-5-3-4-14(9-15)20-17(21)11-23-10-12-6-7-13(18)8-16(12)19/h3-9H,2,10-11H2,1H3,(H,20,21). The zero-order chi connectivity index (χ0) is 16.7. The van der Waals surface area contributed by atoms with Crippen LogP contribution < -0.4 is 10.1 Å². The molecule has 0 atom stereocenters. The molecular formula is C17H17ClFNO2S. The molecule has 0 aliphatic heterocycles. The molecule has 0 unspecified atom stereocenters. The van der Waals surface area contributed by atoms with Crippen LogP contribution in [0.15, 0.2) is 42.5 Å². The van der Waals surface area contributed by atoms with Crippen molar-refractivity contribution in [1.29, 1.82) is 0 Å². The van der Waals surface area contributed by atoms with E-state index >= 15 is 0 Å². The maximum atomic E-state index is 13.6. The first-order valence-corrected chi connectivity index (χ1v) is 8.66. The predicted octanol–water partition coefficient (Wildman–Crippen LogP) is 4.75. The third-order valence-electron chi connectivity index (χ3n) is 2.93. The summed E-state index contributed by atoms with van der Waals surface area (Å²) < 4.78 is 19.0. The molecule has 0 heterocycles. The average molecular weight is 354 g/mol. The Kier molecular flexibility index (Phi) is 6.74. The number of halogens is 2. The SMILES string of the molecule is CCOc1cccc(NC(=O)CSCc2ccc(Cl)cc2F)c1. The molecule has 2 aromatic carbocycles. The molecule has 23 heavy (non-hydrogen) atoms. The number of carbonyl (C=O) groups is 1. The van der Waals surface area contributed by atoms with Gasteiger partial charge in [-0.25, -0.2) is 4.39 Å². The number of hydrogen-bond donors (Lipinski definition) is 1. The van der Waals surface area contributed by atoms with Crippen molar-refractivity contribution < 1.29 is 13.9 Å². The first kappa shape index (κ1) is 17.6. The number of thioether (sulfide) groups is 1. The maximum Gasteiger partial charge on any atom is 0.234 e. The van der Waals surface area contributed by atoms with Gasteiger partial charge in [-0.15, -0.1) is 11.8 Å². The molecule has 0 saturated heterocycles. The second-order valence-electron chi connectivity index (χ2n) is 4.74. The highest BCUT2D eigenvalue weighted by atomic mass is 35.5. The van der Waals surface area contributed by atoms with Crippen molar-refractivity contribution in [2.24, 2.45) is 0 Å². The van der Waals surface area contributed by atoms with Gasteiger partial charge >= 0.3 is 0 Å². The van der Waals surface area contributed by atoms with E-state index in [-0.39, 0.29) is 17.5 Å². The van der Waals surface area contributed by atoms with E-state index in [4.69, 9.17) is 16.3 Å². The molecule has 0 aliphatic carbocycles. The fraction of sp³-hybridized carbons (Fsp3) is 0.235. The molecule has 6 heteroatoms. The van der Waals surface area contributed by atoms with Gasteiger partial charge in [-0.3, -0.25) is 4.79 Å². The molecule has 0 aromatic heterocycles. The lowest BCUT2D eigenvalue weighted by molar-refractivity contribution is -0.113. The van der Waals surface area contributed by atoms with E-state index in [9.17, 15) is 9.18 Å². The Morgan fingerprint density at radius 3 is 2.87 bits per heavy atom. The molecule has 2 aromatic rings. The smallest absolute Gasteiger partial charge is 0.234 e. The first-order chi connectivity index (χ1) is 11.1. The number of ether oxygens (including phenoxy) is 1. The van der Waals surface area contributed by atoms with Gasteiger partial charge in [-0.1, -0.05) is 23.7 Å². The minimum atomic E-state index is -0.352. The Morgan fingerprint density at radius 2 is 2.13 bits per heavy atom. The van der Waals surface area contributed by atoms with Crippen LogP contribution in [0.3, 0.4) is 0 Å². The van der Waals surface area contributed by atoms with E-state index in [0.717, 1.165) is 0 Å². The zero-order valence-electron chi connectivity index (χ0n) is 12.6. The highest BCUT2D eigenvalue weighted by Gasteiger charge is 2.07. The molecular weight excluding hydrogens is 337 g/mol. The van der Waals surface area contributed by atoms with E-state index in [2.05, 4.69) is 5.32 Å². The Hall–Kier alpha value is -1.72. The van der Waals surface area contributed by atoms with Crippen LogP contribution in [-0.2, 0) is 10.5 Å². The summed E-state index contributed by atoms with van der Waals surface area (Å²) in [6.07, 6.45) is 0. The molecule has 0 spiro atoms. The number of benzene rings is 2.